The van der Waals surface area contributed by atoms with Crippen LogP contribution in [0.25, 0.3) is 11.3 Å². The monoisotopic (exact) mass is 285 g/mol. The summed E-state index contributed by atoms with van der Waals surface area (Å²) in [5.74, 6) is 0.838. The quantitative estimate of drug-likeness (QED) is 0.867. The molecular weight excluding hydrogens is 266 g/mol. The first-order chi connectivity index (χ1) is 10.2. The molecule has 2 aromatic rings. The van der Waals surface area contributed by atoms with E-state index < -0.39 is 0 Å². The molecule has 0 amide bonds. The molecule has 0 spiro atoms. The Morgan fingerprint density at radius 2 is 1.71 bits per heavy atom. The standard InChI is InChI=1S/C16H19N3O2/c1-18-16(20)10-9-15(17-18)13-5-7-14(8-6-13)21-19-11-3-2-4-12-19/h5-10H,2-4,11-12H2,1H3. The number of hydrogen-bond donors (Lipinski definition) is 0. The lowest BCUT2D eigenvalue weighted by Crippen LogP contribution is -2.32. The highest BCUT2D eigenvalue weighted by Crippen LogP contribution is 2.21. The topological polar surface area (TPSA) is 47.4 Å². The number of rotatable bonds is 3. The van der Waals surface area contributed by atoms with Crippen LogP contribution in [0, 0.1) is 0 Å². The number of nitrogens with zero attached hydrogens (tertiary/aromatic N) is 3. The van der Waals surface area contributed by atoms with Crippen LogP contribution >= 0.6 is 0 Å². The molecule has 0 N–H and O–H groups in total. The van der Waals surface area contributed by atoms with Crippen LogP contribution in [0.5, 0.6) is 5.75 Å². The van der Waals surface area contributed by atoms with Gasteiger partial charge in [0.05, 0.1) is 5.69 Å². The second-order valence-corrected chi connectivity index (χ2v) is 5.29. The predicted molar refractivity (Wildman–Crippen MR) is 81.0 cm³/mol. The third-order valence-electron chi connectivity index (χ3n) is 3.66. The minimum Gasteiger partial charge on any atom is -0.406 e. The van der Waals surface area contributed by atoms with Gasteiger partial charge in [-0.3, -0.25) is 4.79 Å². The van der Waals surface area contributed by atoms with Gasteiger partial charge in [0, 0.05) is 31.8 Å². The fraction of sp³-hybridized carbons (Fsp3) is 0.375. The Morgan fingerprint density at radius 3 is 2.38 bits per heavy atom. The maximum atomic E-state index is 11.4. The maximum absolute atomic E-state index is 11.4. The normalized spacial score (nSPS) is 15.9. The lowest BCUT2D eigenvalue weighted by molar-refractivity contribution is -0.0719. The highest BCUT2D eigenvalue weighted by molar-refractivity contribution is 5.59. The van der Waals surface area contributed by atoms with E-state index in [9.17, 15) is 4.79 Å². The lowest BCUT2D eigenvalue weighted by atomic mass is 10.1. The molecule has 2 heterocycles. The van der Waals surface area contributed by atoms with Crippen LogP contribution in [-0.4, -0.2) is 27.9 Å². The molecule has 0 bridgehead atoms. The van der Waals surface area contributed by atoms with E-state index in [2.05, 4.69) is 5.10 Å². The molecule has 1 aromatic carbocycles. The van der Waals surface area contributed by atoms with E-state index in [0.717, 1.165) is 30.1 Å². The molecule has 1 aliphatic rings. The number of hydrogen-bond acceptors (Lipinski definition) is 4. The van der Waals surface area contributed by atoms with Gasteiger partial charge in [-0.05, 0) is 43.2 Å². The molecule has 5 heteroatoms. The molecule has 1 aromatic heterocycles. The van der Waals surface area contributed by atoms with Crippen molar-refractivity contribution >= 4 is 0 Å². The summed E-state index contributed by atoms with van der Waals surface area (Å²) in [4.78, 5) is 17.2. The second kappa shape index (κ2) is 6.10. The van der Waals surface area contributed by atoms with E-state index in [-0.39, 0.29) is 5.56 Å². The first kappa shape index (κ1) is 13.8. The molecule has 0 atom stereocenters. The van der Waals surface area contributed by atoms with Gasteiger partial charge in [-0.1, -0.05) is 6.42 Å². The number of piperidine rings is 1. The number of hydroxylamine groups is 2. The van der Waals surface area contributed by atoms with E-state index >= 15 is 0 Å². The van der Waals surface area contributed by atoms with Crippen LogP contribution in [0.1, 0.15) is 19.3 Å². The largest absolute Gasteiger partial charge is 0.406 e. The maximum Gasteiger partial charge on any atom is 0.266 e. The molecule has 0 aliphatic carbocycles. The number of aromatic nitrogens is 2. The van der Waals surface area contributed by atoms with Crippen LogP contribution in [0.4, 0.5) is 0 Å². The zero-order chi connectivity index (χ0) is 14.7. The van der Waals surface area contributed by atoms with Gasteiger partial charge >= 0.3 is 0 Å². The van der Waals surface area contributed by atoms with Crippen LogP contribution in [0.2, 0.25) is 0 Å². The first-order valence-electron chi connectivity index (χ1n) is 7.30. The number of aryl methyl sites for hydroxylation is 1. The van der Waals surface area contributed by atoms with Crippen LogP contribution in [-0.2, 0) is 7.05 Å². The summed E-state index contributed by atoms with van der Waals surface area (Å²) in [5, 5.41) is 6.26. The summed E-state index contributed by atoms with van der Waals surface area (Å²) in [6.07, 6.45) is 3.68. The van der Waals surface area contributed by atoms with Gasteiger partial charge in [0.25, 0.3) is 5.56 Å². The molecule has 0 saturated carbocycles. The van der Waals surface area contributed by atoms with Crippen molar-refractivity contribution in [1.82, 2.24) is 14.8 Å². The highest BCUT2D eigenvalue weighted by atomic mass is 16.7. The van der Waals surface area contributed by atoms with Crippen molar-refractivity contribution in [2.24, 2.45) is 7.05 Å². The third kappa shape index (κ3) is 3.31. The van der Waals surface area contributed by atoms with Crippen LogP contribution in [0.3, 0.4) is 0 Å². The SMILES string of the molecule is Cn1nc(-c2ccc(ON3CCCCC3)cc2)ccc1=O. The van der Waals surface area contributed by atoms with Crippen molar-refractivity contribution in [3.05, 3.63) is 46.8 Å². The van der Waals surface area contributed by atoms with Gasteiger partial charge in [-0.2, -0.15) is 5.10 Å². The molecule has 1 fully saturated rings. The zero-order valence-electron chi connectivity index (χ0n) is 12.2. The Balaban J connectivity index is 1.73. The van der Waals surface area contributed by atoms with Crippen molar-refractivity contribution < 1.29 is 4.84 Å². The smallest absolute Gasteiger partial charge is 0.266 e. The van der Waals surface area contributed by atoms with Gasteiger partial charge in [0.1, 0.15) is 5.75 Å². The van der Waals surface area contributed by atoms with Gasteiger partial charge in [0.15, 0.2) is 0 Å². The summed E-state index contributed by atoms with van der Waals surface area (Å²) in [6.45, 7) is 1.98. The first-order valence-corrected chi connectivity index (χ1v) is 7.30. The molecule has 21 heavy (non-hydrogen) atoms. The summed E-state index contributed by atoms with van der Waals surface area (Å²) >= 11 is 0. The molecule has 0 unspecified atom stereocenters. The fourth-order valence-electron chi connectivity index (χ4n) is 2.45. The van der Waals surface area contributed by atoms with E-state index in [1.54, 1.807) is 13.1 Å². The Kier molecular flexibility index (Phi) is 4.01. The molecular formula is C16H19N3O2. The van der Waals surface area contributed by atoms with Gasteiger partial charge in [-0.15, -0.1) is 5.06 Å². The van der Waals surface area contributed by atoms with E-state index in [0.29, 0.717) is 0 Å². The van der Waals surface area contributed by atoms with Gasteiger partial charge in [-0.25, -0.2) is 4.68 Å². The van der Waals surface area contributed by atoms with Crippen molar-refractivity contribution in [3.8, 4) is 17.0 Å². The molecule has 5 nitrogen and oxygen atoms in total. The summed E-state index contributed by atoms with van der Waals surface area (Å²) in [5.41, 5.74) is 1.64. The average Bonchev–Trinajstić information content (AvgIpc) is 2.52. The molecule has 1 aliphatic heterocycles. The van der Waals surface area contributed by atoms with Crippen molar-refractivity contribution in [2.45, 2.75) is 19.3 Å². The Hall–Kier alpha value is -2.14. The summed E-state index contributed by atoms with van der Waals surface area (Å²) in [6, 6.07) is 11.1. The molecule has 0 radical (unpaired) electrons. The predicted octanol–water partition coefficient (Wildman–Crippen LogP) is 2.23. The molecule has 1 saturated heterocycles. The van der Waals surface area contributed by atoms with E-state index in [1.807, 2.05) is 29.3 Å². The fourth-order valence-corrected chi connectivity index (χ4v) is 2.45. The van der Waals surface area contributed by atoms with Crippen molar-refractivity contribution in [2.75, 3.05) is 13.1 Å². The van der Waals surface area contributed by atoms with E-state index in [1.165, 1.54) is 30.0 Å². The summed E-state index contributed by atoms with van der Waals surface area (Å²) < 4.78 is 1.34. The highest BCUT2D eigenvalue weighted by Gasteiger charge is 2.11. The minimum atomic E-state index is -0.108. The average molecular weight is 285 g/mol. The Bertz CT molecular complexity index is 658. The number of benzene rings is 1. The van der Waals surface area contributed by atoms with Gasteiger partial charge < -0.3 is 4.84 Å². The van der Waals surface area contributed by atoms with Crippen molar-refractivity contribution in [1.29, 1.82) is 0 Å². The van der Waals surface area contributed by atoms with Crippen molar-refractivity contribution in [3.63, 3.8) is 0 Å². The molecule has 110 valence electrons. The second-order valence-electron chi connectivity index (χ2n) is 5.29. The van der Waals surface area contributed by atoms with Crippen LogP contribution < -0.4 is 10.4 Å². The Morgan fingerprint density at radius 1 is 1.00 bits per heavy atom. The van der Waals surface area contributed by atoms with E-state index in [4.69, 9.17) is 4.84 Å². The lowest BCUT2D eigenvalue weighted by Gasteiger charge is -2.26. The zero-order valence-corrected chi connectivity index (χ0v) is 12.2. The minimum absolute atomic E-state index is 0.108. The molecule has 3 rings (SSSR count). The van der Waals surface area contributed by atoms with Crippen LogP contribution in [0.15, 0.2) is 41.2 Å². The summed E-state index contributed by atoms with van der Waals surface area (Å²) in [7, 11) is 1.65. The van der Waals surface area contributed by atoms with Gasteiger partial charge in [0.2, 0.25) is 0 Å². The third-order valence-corrected chi connectivity index (χ3v) is 3.66. The Labute approximate surface area is 123 Å².